The molecule has 0 fully saturated rings. The quantitative estimate of drug-likeness (QED) is 0.482. The topological polar surface area (TPSA) is 26.3 Å². The lowest BCUT2D eigenvalue weighted by Crippen LogP contribution is -2.03. The molecule has 0 bridgehead atoms. The lowest BCUT2D eigenvalue weighted by atomic mass is 10.2. The lowest BCUT2D eigenvalue weighted by Gasteiger charge is -2.08. The van der Waals surface area contributed by atoms with Crippen LogP contribution in [0.25, 0.3) is 0 Å². The summed E-state index contributed by atoms with van der Waals surface area (Å²) < 4.78 is 37.1. The Morgan fingerprint density at radius 2 is 2.09 bits per heavy atom. The fourth-order valence-electron chi connectivity index (χ4n) is 0.504. The van der Waals surface area contributed by atoms with Gasteiger partial charge in [0.2, 0.25) is 0 Å². The highest BCUT2D eigenvalue weighted by Crippen LogP contribution is 2.51. The summed E-state index contributed by atoms with van der Waals surface area (Å²) >= 11 is 0. The molecule has 0 aliphatic heterocycles. The van der Waals surface area contributed by atoms with Crippen molar-refractivity contribution in [3.8, 4) is 0 Å². The van der Waals surface area contributed by atoms with Gasteiger partial charge < -0.3 is 0 Å². The van der Waals surface area contributed by atoms with E-state index in [2.05, 4.69) is 17.7 Å². The van der Waals surface area contributed by atoms with E-state index in [0.29, 0.717) is 0 Å². The van der Waals surface area contributed by atoms with Crippen LogP contribution in [-0.4, -0.2) is 6.10 Å². The van der Waals surface area contributed by atoms with E-state index in [1.165, 1.54) is 6.08 Å². The molecule has 0 aliphatic rings. The van der Waals surface area contributed by atoms with Gasteiger partial charge >= 0.3 is 7.99 Å². The first kappa shape index (κ1) is 10.5. The lowest BCUT2D eigenvalue weighted by molar-refractivity contribution is 0.209. The molecule has 0 aromatic heterocycles. The van der Waals surface area contributed by atoms with Crippen molar-refractivity contribution in [2.45, 2.75) is 12.5 Å². The number of rotatable bonds is 5. The standard InChI is InChI=1S/C6H9F2O2P/c1-3-5-6(4-2)10-11(7,8)9/h3-4,6H,1-2,5H2. The maximum absolute atomic E-state index is 11.7. The van der Waals surface area contributed by atoms with Crippen LogP contribution in [0.5, 0.6) is 0 Å². The van der Waals surface area contributed by atoms with E-state index in [-0.39, 0.29) is 6.42 Å². The van der Waals surface area contributed by atoms with E-state index in [9.17, 15) is 13.0 Å². The monoisotopic (exact) mass is 182 g/mol. The largest absolute Gasteiger partial charge is 0.552 e. The summed E-state index contributed by atoms with van der Waals surface area (Å²) in [6.45, 7) is 6.55. The van der Waals surface area contributed by atoms with Crippen molar-refractivity contribution in [1.29, 1.82) is 0 Å². The normalized spacial score (nSPS) is 14.0. The van der Waals surface area contributed by atoms with Crippen molar-refractivity contribution in [2.75, 3.05) is 0 Å². The summed E-state index contributed by atoms with van der Waals surface area (Å²) in [6.07, 6.45) is 1.82. The molecule has 0 rings (SSSR count). The molecule has 1 unspecified atom stereocenters. The van der Waals surface area contributed by atoms with Crippen LogP contribution in [0, 0.1) is 0 Å². The van der Waals surface area contributed by atoms with Crippen molar-refractivity contribution in [1.82, 2.24) is 0 Å². The Morgan fingerprint density at radius 1 is 1.55 bits per heavy atom. The van der Waals surface area contributed by atoms with Gasteiger partial charge in [-0.3, -0.25) is 4.52 Å². The molecule has 0 heterocycles. The van der Waals surface area contributed by atoms with E-state index in [1.54, 1.807) is 0 Å². The highest BCUT2D eigenvalue weighted by Gasteiger charge is 2.24. The SMILES string of the molecule is C=CCC(C=C)OP(=O)(F)F. The molecule has 0 spiro atoms. The van der Waals surface area contributed by atoms with Gasteiger partial charge in [-0.25, -0.2) is 4.57 Å². The summed E-state index contributed by atoms with van der Waals surface area (Å²) in [6, 6.07) is 0. The summed E-state index contributed by atoms with van der Waals surface area (Å²) in [7, 11) is -5.39. The minimum atomic E-state index is -5.39. The van der Waals surface area contributed by atoms with Crippen LogP contribution in [0.4, 0.5) is 8.39 Å². The summed E-state index contributed by atoms with van der Waals surface area (Å²) in [5.41, 5.74) is 0. The summed E-state index contributed by atoms with van der Waals surface area (Å²) in [5.74, 6) is 0. The van der Waals surface area contributed by atoms with Crippen molar-refractivity contribution in [3.05, 3.63) is 25.3 Å². The first-order chi connectivity index (χ1) is 4.99. The van der Waals surface area contributed by atoms with Gasteiger partial charge in [-0.05, 0) is 6.42 Å². The first-order valence-corrected chi connectivity index (χ1v) is 4.31. The first-order valence-electron chi connectivity index (χ1n) is 2.91. The third-order valence-corrected chi connectivity index (χ3v) is 1.44. The van der Waals surface area contributed by atoms with Crippen LogP contribution in [0.15, 0.2) is 25.3 Å². The molecule has 0 aromatic carbocycles. The van der Waals surface area contributed by atoms with Gasteiger partial charge in [-0.2, -0.15) is 0 Å². The summed E-state index contributed by atoms with van der Waals surface area (Å²) in [5, 5.41) is 0. The van der Waals surface area contributed by atoms with Gasteiger partial charge in [-0.1, -0.05) is 12.2 Å². The van der Waals surface area contributed by atoms with Crippen molar-refractivity contribution in [3.63, 3.8) is 0 Å². The minimum absolute atomic E-state index is 0.182. The molecule has 0 radical (unpaired) electrons. The van der Waals surface area contributed by atoms with Gasteiger partial charge in [0, 0.05) is 0 Å². The second-order valence-corrected chi connectivity index (χ2v) is 2.86. The molecule has 1 atom stereocenters. The fourth-order valence-corrected chi connectivity index (χ4v) is 0.992. The molecule has 0 saturated heterocycles. The molecule has 0 saturated carbocycles. The molecule has 64 valence electrons. The molecule has 0 aliphatic carbocycles. The molecular weight excluding hydrogens is 173 g/mol. The van der Waals surface area contributed by atoms with Gasteiger partial charge in [-0.15, -0.1) is 21.6 Å². The van der Waals surface area contributed by atoms with Crippen LogP contribution in [0.1, 0.15) is 6.42 Å². The minimum Gasteiger partial charge on any atom is -0.272 e. The molecule has 5 heteroatoms. The third-order valence-electron chi connectivity index (χ3n) is 0.920. The van der Waals surface area contributed by atoms with Crippen molar-refractivity contribution < 1.29 is 17.5 Å². The Hall–Kier alpha value is -0.470. The Kier molecular flexibility index (Phi) is 4.23. The number of hydrogen-bond acceptors (Lipinski definition) is 2. The maximum atomic E-state index is 11.7. The average Bonchev–Trinajstić information content (AvgIpc) is 1.84. The Balaban J connectivity index is 3.97. The van der Waals surface area contributed by atoms with Crippen LogP contribution < -0.4 is 0 Å². The van der Waals surface area contributed by atoms with Gasteiger partial charge in [0.1, 0.15) is 0 Å². The van der Waals surface area contributed by atoms with Crippen LogP contribution in [0.2, 0.25) is 0 Å². The highest BCUT2D eigenvalue weighted by molar-refractivity contribution is 7.47. The van der Waals surface area contributed by atoms with E-state index >= 15 is 0 Å². The molecule has 2 nitrogen and oxygen atoms in total. The molecule has 0 aromatic rings. The smallest absolute Gasteiger partial charge is 0.272 e. The van der Waals surface area contributed by atoms with Gasteiger partial charge in [0.25, 0.3) is 0 Å². The highest BCUT2D eigenvalue weighted by atomic mass is 31.2. The molecule has 0 amide bonds. The second-order valence-electron chi connectivity index (χ2n) is 1.82. The van der Waals surface area contributed by atoms with E-state index in [0.717, 1.165) is 6.08 Å². The van der Waals surface area contributed by atoms with Crippen molar-refractivity contribution >= 4 is 7.99 Å². The average molecular weight is 182 g/mol. The van der Waals surface area contributed by atoms with Gasteiger partial charge in [0.15, 0.2) is 0 Å². The maximum Gasteiger partial charge on any atom is 0.552 e. The van der Waals surface area contributed by atoms with E-state index in [4.69, 9.17) is 0 Å². The van der Waals surface area contributed by atoms with Crippen molar-refractivity contribution in [2.24, 2.45) is 0 Å². The van der Waals surface area contributed by atoms with Crippen LogP contribution >= 0.6 is 7.99 Å². The third kappa shape index (κ3) is 5.95. The zero-order valence-electron chi connectivity index (χ0n) is 5.87. The predicted molar refractivity (Wildman–Crippen MR) is 39.7 cm³/mol. The Morgan fingerprint density at radius 3 is 2.36 bits per heavy atom. The van der Waals surface area contributed by atoms with E-state index < -0.39 is 14.1 Å². The Bertz CT molecular complexity index is 187. The molecule has 0 N–H and O–H groups in total. The zero-order valence-corrected chi connectivity index (χ0v) is 6.77. The fraction of sp³-hybridized carbons (Fsp3) is 0.333. The van der Waals surface area contributed by atoms with E-state index in [1.807, 2.05) is 0 Å². The van der Waals surface area contributed by atoms with Crippen LogP contribution in [-0.2, 0) is 9.09 Å². The Labute approximate surface area is 64.3 Å². The zero-order chi connectivity index (χ0) is 8.91. The molecular formula is C6H9F2O2P. The molecule has 11 heavy (non-hydrogen) atoms. The summed E-state index contributed by atoms with van der Waals surface area (Å²) in [4.78, 5) is 0. The predicted octanol–water partition coefficient (Wildman–Crippen LogP) is 3.18. The number of hydrogen-bond donors (Lipinski definition) is 0. The number of halogens is 2. The van der Waals surface area contributed by atoms with Crippen LogP contribution in [0.3, 0.4) is 0 Å². The second kappa shape index (κ2) is 4.42. The van der Waals surface area contributed by atoms with Gasteiger partial charge in [0.05, 0.1) is 6.10 Å².